The molecule has 3 aliphatic rings. The largest absolute Gasteiger partial charge is 0.351 e. The molecule has 3 aliphatic carbocycles. The van der Waals surface area contributed by atoms with Crippen LogP contribution in [0.5, 0.6) is 0 Å². The maximum Gasteiger partial charge on any atom is 0.166 e. The highest BCUT2D eigenvalue weighted by atomic mass is 35.5. The van der Waals surface area contributed by atoms with Crippen LogP contribution in [0.25, 0.3) is 10.9 Å². The molecule has 0 amide bonds. The Balaban J connectivity index is 0.000000140. The third kappa shape index (κ3) is 2.29. The van der Waals surface area contributed by atoms with Gasteiger partial charge >= 0.3 is 0 Å². The predicted molar refractivity (Wildman–Crippen MR) is 87.2 cm³/mol. The molecule has 0 aliphatic heterocycles. The molecule has 0 saturated heterocycles. The first-order valence-electron chi connectivity index (χ1n) is 7.36. The number of hydrogen-bond acceptors (Lipinski definition) is 2. The molecule has 0 atom stereocenters. The molecule has 0 unspecified atom stereocenters. The molecule has 1 aromatic heterocycles. The first-order chi connectivity index (χ1) is 9.97. The number of carbonyl (C=O) groups is 1. The summed E-state index contributed by atoms with van der Waals surface area (Å²) >= 11 is 5.95. The zero-order valence-electron chi connectivity index (χ0n) is 12.7. The van der Waals surface area contributed by atoms with Gasteiger partial charge in [0.15, 0.2) is 6.29 Å². The minimum atomic E-state index is 0.600. The Bertz CT molecular complexity index is 672. The Labute approximate surface area is 130 Å². The van der Waals surface area contributed by atoms with Crippen LogP contribution < -0.4 is 0 Å². The number of aldehydes is 1. The average Bonchev–Trinajstić information content (AvgIpc) is 2.64. The molecule has 3 fully saturated rings. The fourth-order valence-electron chi connectivity index (χ4n) is 3.44. The topological polar surface area (TPSA) is 36.1 Å². The Kier molecular flexibility index (Phi) is 3.58. The number of aryl methyl sites for hydroxylation is 1. The Morgan fingerprint density at radius 1 is 1.33 bits per heavy atom. The molecule has 0 radical (unpaired) electrons. The van der Waals surface area contributed by atoms with Gasteiger partial charge in [0.25, 0.3) is 0 Å². The lowest BCUT2D eigenvalue weighted by molar-refractivity contribution is -0.122. The lowest BCUT2D eigenvalue weighted by Gasteiger charge is -2.65. The highest BCUT2D eigenvalue weighted by Gasteiger charge is 2.57. The third-order valence-corrected chi connectivity index (χ3v) is 5.47. The maximum absolute atomic E-state index is 10.6. The van der Waals surface area contributed by atoms with Gasteiger partial charge in [-0.2, -0.15) is 0 Å². The van der Waals surface area contributed by atoms with Gasteiger partial charge < -0.3 is 9.88 Å². The summed E-state index contributed by atoms with van der Waals surface area (Å²) < 4.78 is 0. The van der Waals surface area contributed by atoms with E-state index in [-0.39, 0.29) is 0 Å². The van der Waals surface area contributed by atoms with Crippen LogP contribution in [0.2, 0.25) is 5.02 Å². The molecular weight excluding hydrogens is 284 g/mol. The number of nitrogens with zero attached hydrogens (tertiary/aromatic N) is 1. The van der Waals surface area contributed by atoms with E-state index in [1.54, 1.807) is 6.07 Å². The number of halogens is 1. The number of fused-ring (bicyclic) bond motifs is 1. The molecule has 2 bridgehead atoms. The van der Waals surface area contributed by atoms with Crippen molar-refractivity contribution in [2.45, 2.75) is 31.7 Å². The minimum Gasteiger partial charge on any atom is -0.351 e. The van der Waals surface area contributed by atoms with Crippen molar-refractivity contribution >= 4 is 28.8 Å². The summed E-state index contributed by atoms with van der Waals surface area (Å²) in [7, 11) is 4.41. The summed E-state index contributed by atoms with van der Waals surface area (Å²) in [5, 5.41) is 1.66. The number of benzene rings is 1. The van der Waals surface area contributed by atoms with Crippen LogP contribution >= 0.6 is 11.6 Å². The van der Waals surface area contributed by atoms with Crippen LogP contribution in [0.3, 0.4) is 0 Å². The van der Waals surface area contributed by atoms with Gasteiger partial charge in [-0.3, -0.25) is 4.79 Å². The highest BCUT2D eigenvalue weighted by molar-refractivity contribution is 6.35. The van der Waals surface area contributed by atoms with E-state index in [4.69, 9.17) is 11.6 Å². The third-order valence-electron chi connectivity index (χ3n) is 5.15. The molecule has 5 rings (SSSR count). The van der Waals surface area contributed by atoms with Crippen molar-refractivity contribution in [3.63, 3.8) is 0 Å². The van der Waals surface area contributed by atoms with Gasteiger partial charge in [-0.25, -0.2) is 0 Å². The fraction of sp³-hybridized carbons (Fsp3) is 0.471. The second-order valence-electron chi connectivity index (χ2n) is 6.54. The molecule has 1 aromatic carbocycles. The van der Waals surface area contributed by atoms with Crippen molar-refractivity contribution in [3.05, 3.63) is 34.5 Å². The van der Waals surface area contributed by atoms with Gasteiger partial charge in [0.05, 0.1) is 16.2 Å². The van der Waals surface area contributed by atoms with E-state index in [9.17, 15) is 4.79 Å². The molecule has 21 heavy (non-hydrogen) atoms. The maximum atomic E-state index is 10.6. The first-order valence-corrected chi connectivity index (χ1v) is 7.74. The van der Waals surface area contributed by atoms with Crippen LogP contribution in [-0.2, 0) is 0 Å². The van der Waals surface area contributed by atoms with Gasteiger partial charge in [0.1, 0.15) is 0 Å². The second-order valence-corrected chi connectivity index (χ2v) is 6.95. The van der Waals surface area contributed by atoms with E-state index < -0.39 is 0 Å². The number of nitrogens with one attached hydrogen (secondary N) is 1. The van der Waals surface area contributed by atoms with Gasteiger partial charge in [-0.05, 0) is 57.8 Å². The van der Waals surface area contributed by atoms with Crippen molar-refractivity contribution < 1.29 is 4.79 Å². The summed E-state index contributed by atoms with van der Waals surface area (Å²) in [5.41, 5.74) is 3.09. The van der Waals surface area contributed by atoms with Crippen molar-refractivity contribution in [1.29, 1.82) is 0 Å². The number of para-hydroxylation sites is 1. The molecule has 4 heteroatoms. The molecule has 112 valence electrons. The quantitative estimate of drug-likeness (QED) is 0.850. The number of aromatic amines is 1. The zero-order chi connectivity index (χ0) is 15.2. The summed E-state index contributed by atoms with van der Waals surface area (Å²) in [6.45, 7) is 1.90. The summed E-state index contributed by atoms with van der Waals surface area (Å²) in [6.07, 6.45) is 5.27. The molecule has 3 saturated carbocycles. The molecule has 1 heterocycles. The SMILES string of the molecule is CN(C)C12CC(C1)C2.Cc1c(C=O)[nH]c2c(Cl)cccc12. The van der Waals surface area contributed by atoms with Crippen LogP contribution in [0.15, 0.2) is 18.2 Å². The van der Waals surface area contributed by atoms with E-state index >= 15 is 0 Å². The van der Waals surface area contributed by atoms with Gasteiger partial charge in [-0.1, -0.05) is 23.7 Å². The number of carbonyl (C=O) groups excluding carboxylic acids is 1. The van der Waals surface area contributed by atoms with Gasteiger partial charge in [0.2, 0.25) is 0 Å². The minimum absolute atomic E-state index is 0.600. The second kappa shape index (κ2) is 5.15. The van der Waals surface area contributed by atoms with Crippen LogP contribution in [0.1, 0.15) is 35.3 Å². The van der Waals surface area contributed by atoms with E-state index in [2.05, 4.69) is 24.0 Å². The normalized spacial score (nSPS) is 25.9. The zero-order valence-corrected chi connectivity index (χ0v) is 13.5. The Hall–Kier alpha value is -1.32. The highest BCUT2D eigenvalue weighted by Crippen LogP contribution is 2.59. The molecule has 2 aromatic rings. The van der Waals surface area contributed by atoms with E-state index in [1.807, 2.05) is 19.1 Å². The monoisotopic (exact) mass is 304 g/mol. The number of rotatable bonds is 2. The lowest BCUT2D eigenvalue weighted by Crippen LogP contribution is -2.66. The summed E-state index contributed by atoms with van der Waals surface area (Å²) in [5.74, 6) is 1.12. The van der Waals surface area contributed by atoms with Crippen molar-refractivity contribution in [2.75, 3.05) is 14.1 Å². The molecular formula is C17H21ClN2O. The Morgan fingerprint density at radius 2 is 2.00 bits per heavy atom. The predicted octanol–water partition coefficient (Wildman–Crippen LogP) is 4.04. The average molecular weight is 305 g/mol. The molecule has 1 N–H and O–H groups in total. The Morgan fingerprint density at radius 3 is 2.38 bits per heavy atom. The fourth-order valence-corrected chi connectivity index (χ4v) is 3.66. The van der Waals surface area contributed by atoms with Gasteiger partial charge in [0, 0.05) is 10.9 Å². The molecule has 3 nitrogen and oxygen atoms in total. The van der Waals surface area contributed by atoms with Crippen molar-refractivity contribution in [1.82, 2.24) is 9.88 Å². The smallest absolute Gasteiger partial charge is 0.166 e. The van der Waals surface area contributed by atoms with Crippen LogP contribution in [0, 0.1) is 12.8 Å². The summed E-state index contributed by atoms with van der Waals surface area (Å²) in [4.78, 5) is 16.0. The van der Waals surface area contributed by atoms with Crippen molar-refractivity contribution in [2.24, 2.45) is 5.92 Å². The number of H-pyrrole nitrogens is 1. The van der Waals surface area contributed by atoms with E-state index in [1.165, 1.54) is 19.3 Å². The van der Waals surface area contributed by atoms with Crippen LogP contribution in [-0.4, -0.2) is 35.8 Å². The first kappa shape index (κ1) is 14.6. The number of aromatic nitrogens is 1. The lowest BCUT2D eigenvalue weighted by atomic mass is 9.49. The molecule has 0 spiro atoms. The van der Waals surface area contributed by atoms with Gasteiger partial charge in [-0.15, -0.1) is 0 Å². The van der Waals surface area contributed by atoms with Crippen LogP contribution in [0.4, 0.5) is 0 Å². The number of hydrogen-bond donors (Lipinski definition) is 1. The van der Waals surface area contributed by atoms with Crippen molar-refractivity contribution in [3.8, 4) is 0 Å². The van der Waals surface area contributed by atoms with E-state index in [0.29, 0.717) is 16.3 Å². The standard InChI is InChI=1S/C10H8ClNO.C7H13N/c1-6-7-3-2-4-8(11)10(7)12-9(6)5-13;1-8(2)7-3-6(4-7)5-7/h2-5,12H,1H3;6H,3-5H2,1-2H3. The van der Waals surface area contributed by atoms with E-state index in [0.717, 1.165) is 28.7 Å². The summed E-state index contributed by atoms with van der Waals surface area (Å²) in [6, 6.07) is 5.62.